The highest BCUT2D eigenvalue weighted by Crippen LogP contribution is 2.31. The molecule has 2 aliphatic rings. The van der Waals surface area contributed by atoms with Gasteiger partial charge in [0.1, 0.15) is 5.75 Å². The molecule has 2 aromatic rings. The summed E-state index contributed by atoms with van der Waals surface area (Å²) < 4.78 is 37.5. The number of amides is 2. The molecule has 0 radical (unpaired) electrons. The molecule has 2 aliphatic heterocycles. The van der Waals surface area contributed by atoms with Gasteiger partial charge in [-0.25, -0.2) is 8.42 Å². The first-order chi connectivity index (χ1) is 12.9. The van der Waals surface area contributed by atoms with E-state index >= 15 is 0 Å². The third-order valence-corrected chi connectivity index (χ3v) is 6.37. The Labute approximate surface area is 155 Å². The number of fused-ring (bicyclic) bond motifs is 1. The average molecular weight is 391 g/mol. The molecule has 1 N–H and O–H groups in total. The van der Waals surface area contributed by atoms with Crippen molar-refractivity contribution in [2.45, 2.75) is 4.90 Å². The molecule has 0 atom stereocenters. The average Bonchev–Trinajstić information content (AvgIpc) is 3.21. The van der Waals surface area contributed by atoms with Crippen molar-refractivity contribution >= 4 is 27.5 Å². The quantitative estimate of drug-likeness (QED) is 0.827. The first-order valence-electron chi connectivity index (χ1n) is 8.35. The van der Waals surface area contributed by atoms with Gasteiger partial charge in [0.05, 0.1) is 16.8 Å². The summed E-state index contributed by atoms with van der Waals surface area (Å²) in [6.07, 6.45) is 1.42. The van der Waals surface area contributed by atoms with Crippen molar-refractivity contribution in [2.75, 3.05) is 38.1 Å². The van der Waals surface area contributed by atoms with Gasteiger partial charge in [0.2, 0.25) is 10.0 Å². The van der Waals surface area contributed by atoms with Gasteiger partial charge in [-0.15, -0.1) is 0 Å². The number of ether oxygens (including phenoxy) is 1. The molecule has 1 aromatic heterocycles. The van der Waals surface area contributed by atoms with Gasteiger partial charge in [-0.2, -0.15) is 4.31 Å². The molecule has 142 valence electrons. The number of piperazine rings is 1. The minimum Gasteiger partial charge on any atom is -0.482 e. The molecular weight excluding hydrogens is 374 g/mol. The molecule has 27 heavy (non-hydrogen) atoms. The molecular formula is C17H17N3O6S. The van der Waals surface area contributed by atoms with Crippen molar-refractivity contribution in [2.24, 2.45) is 0 Å². The van der Waals surface area contributed by atoms with E-state index in [0.29, 0.717) is 11.4 Å². The molecule has 0 spiro atoms. The van der Waals surface area contributed by atoms with E-state index in [1.807, 2.05) is 0 Å². The Morgan fingerprint density at radius 2 is 1.89 bits per heavy atom. The Morgan fingerprint density at radius 1 is 1.11 bits per heavy atom. The van der Waals surface area contributed by atoms with Crippen LogP contribution in [0.1, 0.15) is 10.6 Å². The van der Waals surface area contributed by atoms with E-state index in [4.69, 9.17) is 9.15 Å². The number of nitrogens with one attached hydrogen (secondary N) is 1. The molecule has 0 bridgehead atoms. The van der Waals surface area contributed by atoms with Gasteiger partial charge in [-0.1, -0.05) is 0 Å². The summed E-state index contributed by atoms with van der Waals surface area (Å²) in [5.41, 5.74) is 0.332. The van der Waals surface area contributed by atoms with E-state index in [1.165, 1.54) is 28.8 Å². The minimum atomic E-state index is -3.75. The van der Waals surface area contributed by atoms with Gasteiger partial charge in [-0.3, -0.25) is 9.59 Å². The van der Waals surface area contributed by atoms with Crippen LogP contribution in [0.3, 0.4) is 0 Å². The molecule has 2 amide bonds. The summed E-state index contributed by atoms with van der Waals surface area (Å²) in [5.74, 6) is 0.0759. The highest BCUT2D eigenvalue weighted by molar-refractivity contribution is 7.89. The van der Waals surface area contributed by atoms with E-state index in [-0.39, 0.29) is 55.3 Å². The van der Waals surface area contributed by atoms with Crippen LogP contribution in [0.2, 0.25) is 0 Å². The second-order valence-electron chi connectivity index (χ2n) is 6.17. The number of sulfonamides is 1. The predicted molar refractivity (Wildman–Crippen MR) is 93.9 cm³/mol. The van der Waals surface area contributed by atoms with Gasteiger partial charge in [0.25, 0.3) is 11.8 Å². The summed E-state index contributed by atoms with van der Waals surface area (Å²) in [4.78, 5) is 25.4. The first-order valence-corrected chi connectivity index (χ1v) is 9.79. The Hall–Kier alpha value is -2.85. The van der Waals surface area contributed by atoms with Crippen LogP contribution < -0.4 is 10.1 Å². The lowest BCUT2D eigenvalue weighted by Gasteiger charge is -2.33. The van der Waals surface area contributed by atoms with E-state index in [0.717, 1.165) is 0 Å². The first kappa shape index (κ1) is 17.6. The Morgan fingerprint density at radius 3 is 2.59 bits per heavy atom. The van der Waals surface area contributed by atoms with Gasteiger partial charge < -0.3 is 19.4 Å². The second kappa shape index (κ2) is 6.71. The van der Waals surface area contributed by atoms with Gasteiger partial charge in [0, 0.05) is 26.2 Å². The molecule has 3 heterocycles. The van der Waals surface area contributed by atoms with E-state index < -0.39 is 10.0 Å². The summed E-state index contributed by atoms with van der Waals surface area (Å²) in [6.45, 7) is 0.793. The van der Waals surface area contributed by atoms with Gasteiger partial charge in [-0.05, 0) is 30.3 Å². The zero-order chi connectivity index (χ0) is 19.0. The number of hydrogen-bond donors (Lipinski definition) is 1. The van der Waals surface area contributed by atoms with Crippen LogP contribution in [0.5, 0.6) is 5.75 Å². The number of anilines is 1. The second-order valence-corrected chi connectivity index (χ2v) is 8.11. The van der Waals surface area contributed by atoms with Crippen molar-refractivity contribution in [1.29, 1.82) is 0 Å². The van der Waals surface area contributed by atoms with Crippen LogP contribution in [0.15, 0.2) is 45.9 Å². The number of carbonyl (C=O) groups excluding carboxylic acids is 2. The molecule has 10 heteroatoms. The zero-order valence-electron chi connectivity index (χ0n) is 14.3. The molecule has 4 rings (SSSR count). The summed E-state index contributed by atoms with van der Waals surface area (Å²) in [5, 5.41) is 2.60. The van der Waals surface area contributed by atoms with Crippen LogP contribution in [0, 0.1) is 0 Å². The largest absolute Gasteiger partial charge is 0.482 e. The smallest absolute Gasteiger partial charge is 0.289 e. The number of nitrogens with zero attached hydrogens (tertiary/aromatic N) is 2. The fraction of sp³-hybridized carbons (Fsp3) is 0.294. The SMILES string of the molecule is O=C1COc2ccc(S(=O)(=O)N3CCN(C(=O)c4ccco4)CC3)cc2N1. The summed E-state index contributed by atoms with van der Waals surface area (Å²) in [7, 11) is -3.75. The maximum absolute atomic E-state index is 12.9. The maximum atomic E-state index is 12.9. The van der Waals surface area contributed by atoms with Crippen LogP contribution in [-0.2, 0) is 14.8 Å². The Balaban J connectivity index is 1.48. The van der Waals surface area contributed by atoms with E-state index in [9.17, 15) is 18.0 Å². The monoisotopic (exact) mass is 391 g/mol. The molecule has 0 unspecified atom stereocenters. The Bertz CT molecular complexity index is 978. The number of benzene rings is 1. The zero-order valence-corrected chi connectivity index (χ0v) is 15.1. The number of hydrogen-bond acceptors (Lipinski definition) is 6. The fourth-order valence-electron chi connectivity index (χ4n) is 3.06. The lowest BCUT2D eigenvalue weighted by molar-refractivity contribution is -0.118. The maximum Gasteiger partial charge on any atom is 0.289 e. The van der Waals surface area contributed by atoms with Crippen molar-refractivity contribution in [1.82, 2.24) is 9.21 Å². The number of furan rings is 1. The Kier molecular flexibility index (Phi) is 4.36. The molecule has 9 nitrogen and oxygen atoms in total. The summed E-state index contributed by atoms with van der Waals surface area (Å²) in [6, 6.07) is 7.58. The van der Waals surface area contributed by atoms with Gasteiger partial charge >= 0.3 is 0 Å². The molecule has 1 saturated heterocycles. The normalized spacial score (nSPS) is 17.8. The van der Waals surface area contributed by atoms with Crippen LogP contribution in [-0.4, -0.2) is 62.2 Å². The van der Waals surface area contributed by atoms with Crippen molar-refractivity contribution in [3.8, 4) is 5.75 Å². The lowest BCUT2D eigenvalue weighted by Crippen LogP contribution is -2.50. The van der Waals surface area contributed by atoms with Gasteiger partial charge in [0.15, 0.2) is 12.4 Å². The highest BCUT2D eigenvalue weighted by atomic mass is 32.2. The molecule has 1 aromatic carbocycles. The van der Waals surface area contributed by atoms with Crippen LogP contribution >= 0.6 is 0 Å². The summed E-state index contributed by atoms with van der Waals surface area (Å²) >= 11 is 0. The van der Waals surface area contributed by atoms with E-state index in [1.54, 1.807) is 17.0 Å². The fourth-order valence-corrected chi connectivity index (χ4v) is 4.51. The van der Waals surface area contributed by atoms with Crippen molar-refractivity contribution in [3.05, 3.63) is 42.4 Å². The predicted octanol–water partition coefficient (Wildman–Crippen LogP) is 0.757. The van der Waals surface area contributed by atoms with Crippen LogP contribution in [0.4, 0.5) is 5.69 Å². The molecule has 0 aliphatic carbocycles. The molecule has 0 saturated carbocycles. The standard InChI is InChI=1S/C17H17N3O6S/c21-16-11-26-14-4-3-12(10-13(14)18-16)27(23,24)20-7-5-19(6-8-20)17(22)15-2-1-9-25-15/h1-4,9-10H,5-8,11H2,(H,18,21). The number of rotatable bonds is 3. The minimum absolute atomic E-state index is 0.0675. The highest BCUT2D eigenvalue weighted by Gasteiger charge is 2.32. The van der Waals surface area contributed by atoms with Crippen LogP contribution in [0.25, 0.3) is 0 Å². The topological polar surface area (TPSA) is 109 Å². The molecule has 1 fully saturated rings. The lowest BCUT2D eigenvalue weighted by atomic mass is 10.2. The number of carbonyl (C=O) groups is 2. The van der Waals surface area contributed by atoms with E-state index in [2.05, 4.69) is 5.32 Å². The third-order valence-electron chi connectivity index (χ3n) is 4.48. The third kappa shape index (κ3) is 3.28. The van der Waals surface area contributed by atoms with Crippen molar-refractivity contribution < 1.29 is 27.2 Å². The van der Waals surface area contributed by atoms with Crippen molar-refractivity contribution in [3.63, 3.8) is 0 Å².